The first-order chi connectivity index (χ1) is 14.5. The Balaban J connectivity index is 1.42. The Morgan fingerprint density at radius 1 is 1.17 bits per heavy atom. The Labute approximate surface area is 177 Å². The molecule has 2 atom stereocenters. The maximum absolute atomic E-state index is 13.5. The summed E-state index contributed by atoms with van der Waals surface area (Å²) in [5.74, 6) is 0.116. The topological polar surface area (TPSA) is 38.1 Å². The number of amides is 1. The molecule has 2 fully saturated rings. The number of fused-ring (bicyclic) bond motifs is 2. The molecule has 1 aromatic heterocycles. The minimum absolute atomic E-state index is 0.0398. The molecule has 3 aliphatic rings. The van der Waals surface area contributed by atoms with Crippen molar-refractivity contribution in [2.75, 3.05) is 7.05 Å². The van der Waals surface area contributed by atoms with Crippen LogP contribution in [0.4, 0.5) is 4.39 Å². The van der Waals surface area contributed by atoms with Gasteiger partial charge in [-0.25, -0.2) is 9.07 Å². The molecule has 1 aromatic carbocycles. The normalized spacial score (nSPS) is 26.1. The molecule has 0 saturated heterocycles. The molecule has 158 valence electrons. The minimum Gasteiger partial charge on any atom is -0.343 e. The van der Waals surface area contributed by atoms with E-state index in [-0.39, 0.29) is 17.2 Å². The Morgan fingerprint density at radius 2 is 1.90 bits per heavy atom. The van der Waals surface area contributed by atoms with Crippen LogP contribution in [0.15, 0.2) is 36.0 Å². The number of hydrogen-bond donors (Lipinski definition) is 0. The monoisotopic (exact) mass is 407 g/mol. The number of carbonyl (C=O) groups excluding carboxylic acids is 1. The molecule has 1 heterocycles. The Hall–Kier alpha value is -2.43. The number of carbonyl (C=O) groups is 1. The molecule has 1 amide bonds. The molecular formula is C25H30FN3O. The molecule has 0 spiro atoms. The van der Waals surface area contributed by atoms with E-state index in [2.05, 4.69) is 23.0 Å². The zero-order chi connectivity index (χ0) is 20.9. The van der Waals surface area contributed by atoms with Gasteiger partial charge in [0.25, 0.3) is 0 Å². The fourth-order valence-electron chi connectivity index (χ4n) is 5.92. The smallest absolute Gasteiger partial charge is 0.226 e. The summed E-state index contributed by atoms with van der Waals surface area (Å²) in [6.07, 6.45) is 12.9. The van der Waals surface area contributed by atoms with Gasteiger partial charge in [-0.15, -0.1) is 0 Å². The lowest BCUT2D eigenvalue weighted by atomic mass is 9.69. The second-order valence-electron chi connectivity index (χ2n) is 9.54. The maximum Gasteiger partial charge on any atom is 0.226 e. The van der Waals surface area contributed by atoms with Crippen LogP contribution in [0.2, 0.25) is 0 Å². The molecule has 4 nitrogen and oxygen atoms in total. The van der Waals surface area contributed by atoms with Crippen LogP contribution in [-0.2, 0) is 11.2 Å². The molecular weight excluding hydrogens is 377 g/mol. The molecule has 30 heavy (non-hydrogen) atoms. The minimum atomic E-state index is -0.245. The fraction of sp³-hybridized carbons (Fsp3) is 0.520. The van der Waals surface area contributed by atoms with Gasteiger partial charge in [0.1, 0.15) is 5.82 Å². The molecule has 3 aliphatic carbocycles. The highest BCUT2D eigenvalue weighted by Gasteiger charge is 2.50. The van der Waals surface area contributed by atoms with E-state index in [1.54, 1.807) is 12.1 Å². The quantitative estimate of drug-likeness (QED) is 0.705. The van der Waals surface area contributed by atoms with Crippen molar-refractivity contribution in [1.29, 1.82) is 0 Å². The molecule has 0 aliphatic heterocycles. The van der Waals surface area contributed by atoms with Crippen molar-refractivity contribution >= 4 is 12.0 Å². The van der Waals surface area contributed by atoms with Gasteiger partial charge in [0.05, 0.1) is 17.6 Å². The number of rotatable bonds is 3. The van der Waals surface area contributed by atoms with Crippen LogP contribution in [0.25, 0.3) is 11.8 Å². The average Bonchev–Trinajstić information content (AvgIpc) is 3.31. The third-order valence-electron chi connectivity index (χ3n) is 7.80. The number of aromatic nitrogens is 2. The third kappa shape index (κ3) is 3.10. The molecule has 0 unspecified atom stereocenters. The van der Waals surface area contributed by atoms with Crippen molar-refractivity contribution in [3.05, 3.63) is 53.1 Å². The summed E-state index contributed by atoms with van der Waals surface area (Å²) < 4.78 is 15.2. The number of nitrogens with zero attached hydrogens (tertiary/aromatic N) is 3. The van der Waals surface area contributed by atoms with Gasteiger partial charge in [-0.1, -0.05) is 31.8 Å². The van der Waals surface area contributed by atoms with Crippen molar-refractivity contribution in [3.63, 3.8) is 0 Å². The largest absolute Gasteiger partial charge is 0.343 e. The lowest BCUT2D eigenvalue weighted by Gasteiger charge is -2.39. The van der Waals surface area contributed by atoms with E-state index < -0.39 is 0 Å². The van der Waals surface area contributed by atoms with Crippen LogP contribution >= 0.6 is 0 Å². The summed E-state index contributed by atoms with van der Waals surface area (Å²) in [5, 5.41) is 4.59. The lowest BCUT2D eigenvalue weighted by Crippen LogP contribution is -2.45. The van der Waals surface area contributed by atoms with E-state index in [0.29, 0.717) is 11.9 Å². The van der Waals surface area contributed by atoms with Gasteiger partial charge in [-0.05, 0) is 68.0 Å². The van der Waals surface area contributed by atoms with Gasteiger partial charge in [-0.2, -0.15) is 5.10 Å². The first kappa shape index (κ1) is 19.5. The summed E-state index contributed by atoms with van der Waals surface area (Å²) in [5.41, 5.74) is 4.33. The van der Waals surface area contributed by atoms with Gasteiger partial charge in [-0.3, -0.25) is 4.79 Å². The SMILES string of the molecule is CN(C(=O)[C@H]1CCC2=Cc3c(cnn3-c3ccc(F)cc3)C[C@@]21C)C1CCCCC1. The highest BCUT2D eigenvalue weighted by atomic mass is 19.1. The van der Waals surface area contributed by atoms with Crippen LogP contribution in [0.3, 0.4) is 0 Å². The predicted octanol–water partition coefficient (Wildman–Crippen LogP) is 5.16. The first-order valence-corrected chi connectivity index (χ1v) is 11.3. The molecule has 5 heteroatoms. The van der Waals surface area contributed by atoms with Gasteiger partial charge >= 0.3 is 0 Å². The zero-order valence-corrected chi connectivity index (χ0v) is 17.9. The molecule has 0 N–H and O–H groups in total. The Bertz CT molecular complexity index is 986. The van der Waals surface area contributed by atoms with Gasteiger partial charge in [0.15, 0.2) is 0 Å². The number of benzene rings is 1. The van der Waals surface area contributed by atoms with Crippen LogP contribution < -0.4 is 0 Å². The molecule has 2 aromatic rings. The van der Waals surface area contributed by atoms with E-state index in [0.717, 1.165) is 43.5 Å². The first-order valence-electron chi connectivity index (χ1n) is 11.3. The summed E-state index contributed by atoms with van der Waals surface area (Å²) >= 11 is 0. The van der Waals surface area contributed by atoms with Crippen molar-refractivity contribution in [3.8, 4) is 5.69 Å². The summed E-state index contributed by atoms with van der Waals surface area (Å²) in [6, 6.07) is 6.86. The van der Waals surface area contributed by atoms with Crippen molar-refractivity contribution in [1.82, 2.24) is 14.7 Å². The zero-order valence-electron chi connectivity index (χ0n) is 17.9. The number of halogens is 1. The number of allylic oxidation sites excluding steroid dienone is 1. The van der Waals surface area contributed by atoms with Crippen molar-refractivity contribution in [2.24, 2.45) is 11.3 Å². The second kappa shape index (κ2) is 7.36. The maximum atomic E-state index is 13.5. The number of hydrogen-bond acceptors (Lipinski definition) is 2. The Morgan fingerprint density at radius 3 is 2.63 bits per heavy atom. The molecule has 0 radical (unpaired) electrons. The van der Waals surface area contributed by atoms with Crippen LogP contribution in [0.5, 0.6) is 0 Å². The lowest BCUT2D eigenvalue weighted by molar-refractivity contribution is -0.139. The van der Waals surface area contributed by atoms with E-state index in [4.69, 9.17) is 0 Å². The highest BCUT2D eigenvalue weighted by molar-refractivity contribution is 5.82. The molecule has 0 bridgehead atoms. The highest BCUT2D eigenvalue weighted by Crippen LogP contribution is 2.53. The van der Waals surface area contributed by atoms with Crippen LogP contribution in [0.1, 0.15) is 63.1 Å². The van der Waals surface area contributed by atoms with E-state index in [9.17, 15) is 9.18 Å². The van der Waals surface area contributed by atoms with E-state index in [1.807, 2.05) is 17.9 Å². The molecule has 5 rings (SSSR count). The predicted molar refractivity (Wildman–Crippen MR) is 116 cm³/mol. The summed E-state index contributed by atoms with van der Waals surface area (Å²) in [4.78, 5) is 15.6. The van der Waals surface area contributed by atoms with Crippen molar-refractivity contribution in [2.45, 2.75) is 64.3 Å². The van der Waals surface area contributed by atoms with Gasteiger partial charge < -0.3 is 4.90 Å². The van der Waals surface area contributed by atoms with Crippen molar-refractivity contribution < 1.29 is 9.18 Å². The molecule has 2 saturated carbocycles. The average molecular weight is 408 g/mol. The van der Waals surface area contributed by atoms with Crippen LogP contribution in [0, 0.1) is 17.2 Å². The van der Waals surface area contributed by atoms with Gasteiger partial charge in [0.2, 0.25) is 5.91 Å². The third-order valence-corrected chi connectivity index (χ3v) is 7.80. The Kier molecular flexibility index (Phi) is 4.79. The fourth-order valence-corrected chi connectivity index (χ4v) is 5.92. The van der Waals surface area contributed by atoms with E-state index >= 15 is 0 Å². The summed E-state index contributed by atoms with van der Waals surface area (Å²) in [6.45, 7) is 2.27. The standard InChI is InChI=1S/C25H30FN3O/c1-25-15-17-16-27-29(21-11-9-19(26)10-12-21)23(17)14-18(25)8-13-22(25)24(30)28(2)20-6-4-3-5-7-20/h9-12,14,16,20,22H,3-8,13,15H2,1-2H3/t22-,25+/m1/s1. The summed E-state index contributed by atoms with van der Waals surface area (Å²) in [7, 11) is 2.02. The van der Waals surface area contributed by atoms with Crippen LogP contribution in [-0.4, -0.2) is 33.7 Å². The second-order valence-corrected chi connectivity index (χ2v) is 9.54. The van der Waals surface area contributed by atoms with Gasteiger partial charge in [0, 0.05) is 24.4 Å². The van der Waals surface area contributed by atoms with E-state index in [1.165, 1.54) is 42.5 Å².